The highest BCUT2D eigenvalue weighted by Gasteiger charge is 2.50. The van der Waals surface area contributed by atoms with Gasteiger partial charge in [-0.25, -0.2) is 28.5 Å². The van der Waals surface area contributed by atoms with Crippen LogP contribution in [-0.2, 0) is 27.1 Å². The Morgan fingerprint density at radius 3 is 2.59 bits per heavy atom. The number of ether oxygens (including phenoxy) is 4. The molecule has 4 aromatic rings. The Morgan fingerprint density at radius 1 is 1.12 bits per heavy atom. The Balaban J connectivity index is 1.17. The number of aromatic amines is 1. The fourth-order valence-electron chi connectivity index (χ4n) is 6.75. The summed E-state index contributed by atoms with van der Waals surface area (Å²) in [5.74, 6) is -0.531. The molecule has 12 nitrogen and oxygen atoms in total. The van der Waals surface area contributed by atoms with Gasteiger partial charge in [0.25, 0.3) is 6.43 Å². The van der Waals surface area contributed by atoms with E-state index in [1.54, 1.807) is 31.6 Å². The van der Waals surface area contributed by atoms with E-state index in [0.717, 1.165) is 35.4 Å². The number of anilines is 2. The zero-order valence-corrected chi connectivity index (χ0v) is 27.2. The largest absolute Gasteiger partial charge is 0.497 e. The predicted molar refractivity (Wildman–Crippen MR) is 176 cm³/mol. The van der Waals surface area contributed by atoms with Gasteiger partial charge in [0.05, 0.1) is 50.9 Å². The van der Waals surface area contributed by atoms with Crippen molar-refractivity contribution in [1.82, 2.24) is 19.9 Å². The smallest absolute Gasteiger partial charge is 0.326 e. The van der Waals surface area contributed by atoms with Crippen LogP contribution in [0.5, 0.6) is 11.6 Å². The average molecular weight is 677 g/mol. The molecule has 3 aliphatic rings. The number of carboxylic acid groups (broad SMARTS) is 1. The lowest BCUT2D eigenvalue weighted by Crippen LogP contribution is -2.68. The van der Waals surface area contributed by atoms with Gasteiger partial charge in [-0.3, -0.25) is 0 Å². The second kappa shape index (κ2) is 13.6. The topological polar surface area (TPSA) is 135 Å². The number of rotatable bonds is 11. The molecule has 3 aliphatic heterocycles. The van der Waals surface area contributed by atoms with Crippen LogP contribution in [0.2, 0.25) is 0 Å². The first-order valence-corrected chi connectivity index (χ1v) is 16.3. The van der Waals surface area contributed by atoms with Crippen molar-refractivity contribution in [2.75, 3.05) is 49.8 Å². The zero-order valence-electron chi connectivity index (χ0n) is 27.2. The molecule has 3 fully saturated rings. The molecule has 3 atom stereocenters. The first-order valence-electron chi connectivity index (χ1n) is 16.3. The lowest BCUT2D eigenvalue weighted by Gasteiger charge is -2.53. The molecule has 1 aromatic carbocycles. The molecule has 0 radical (unpaired) electrons. The fraction of sp³-hybridized carbons (Fsp3) is 0.429. The summed E-state index contributed by atoms with van der Waals surface area (Å²) in [7, 11) is 1.64. The van der Waals surface area contributed by atoms with Gasteiger partial charge in [-0.1, -0.05) is 12.1 Å². The minimum Gasteiger partial charge on any atom is -0.497 e. The van der Waals surface area contributed by atoms with Gasteiger partial charge in [0.1, 0.15) is 35.0 Å². The quantitative estimate of drug-likeness (QED) is 0.229. The number of alkyl halides is 2. The molecule has 0 bridgehead atoms. The lowest BCUT2D eigenvalue weighted by atomic mass is 9.90. The number of hydrogen-bond acceptors (Lipinski definition) is 10. The van der Waals surface area contributed by atoms with Gasteiger partial charge in [0.15, 0.2) is 5.82 Å². The minimum atomic E-state index is -2.94. The van der Waals surface area contributed by atoms with Gasteiger partial charge < -0.3 is 38.8 Å². The number of aryl methyl sites for hydroxylation is 2. The van der Waals surface area contributed by atoms with E-state index in [1.807, 2.05) is 24.3 Å². The number of halogens is 2. The van der Waals surface area contributed by atoms with Crippen LogP contribution in [0.4, 0.5) is 20.3 Å². The molecule has 7 rings (SSSR count). The monoisotopic (exact) mass is 676 g/mol. The first-order chi connectivity index (χ1) is 23.7. The van der Waals surface area contributed by atoms with Crippen molar-refractivity contribution in [2.45, 2.75) is 56.4 Å². The molecule has 3 aromatic heterocycles. The van der Waals surface area contributed by atoms with Crippen molar-refractivity contribution in [3.05, 3.63) is 77.9 Å². The number of methoxy groups -OCH3 is 1. The Bertz CT molecular complexity index is 1770. The number of aromatic nitrogens is 4. The molecule has 3 saturated heterocycles. The summed E-state index contributed by atoms with van der Waals surface area (Å²) in [6, 6.07) is 13.9. The molecule has 0 saturated carbocycles. The molecule has 0 aliphatic carbocycles. The Hall–Kier alpha value is -4.82. The zero-order chi connectivity index (χ0) is 34.1. The standard InChI is InChI=1S/C35H38F2N6O6/c1-21-35(19-47-20-35)48-13-12-42(21)28-14-23(6-5-22-7-9-24(46-2)10-8-22)17-39-33(28)49-25-15-29(34(44)45)43(18-25)30-16-27(26-4-3-11-38-26)40-32(41-30)31(36)37/h3-4,7-11,14,16-17,21,25,29,31,38H,5-6,12-13,15,18-20H2,1-2H3,(H,44,45)/t21-,25-,29-/m0/s1. The molecule has 49 heavy (non-hydrogen) atoms. The van der Waals surface area contributed by atoms with Gasteiger partial charge in [0, 0.05) is 31.4 Å². The van der Waals surface area contributed by atoms with E-state index in [2.05, 4.69) is 32.8 Å². The highest BCUT2D eigenvalue weighted by molar-refractivity contribution is 5.79. The van der Waals surface area contributed by atoms with Crippen LogP contribution >= 0.6 is 0 Å². The van der Waals surface area contributed by atoms with Gasteiger partial charge >= 0.3 is 5.97 Å². The number of pyridine rings is 1. The molecule has 2 N–H and O–H groups in total. The Kier molecular flexibility index (Phi) is 9.07. The summed E-state index contributed by atoms with van der Waals surface area (Å²) in [6.07, 6.45) is 1.51. The maximum atomic E-state index is 13.9. The van der Waals surface area contributed by atoms with Gasteiger partial charge in [-0.2, -0.15) is 0 Å². The van der Waals surface area contributed by atoms with E-state index in [-0.39, 0.29) is 30.5 Å². The Morgan fingerprint density at radius 2 is 1.92 bits per heavy atom. The SMILES string of the molecule is COc1ccc(CCc2cnc(O[C@H]3C[C@@H](C(=O)O)N(c4cc(-c5ccc[nH]5)nc(C(F)F)n4)C3)c(N3CCOC4(COC4)[C@@H]3C)c2)cc1. The number of carbonyl (C=O) groups is 1. The van der Waals surface area contributed by atoms with Crippen molar-refractivity contribution >= 4 is 17.5 Å². The van der Waals surface area contributed by atoms with Crippen molar-refractivity contribution < 1.29 is 37.6 Å². The van der Waals surface area contributed by atoms with Crippen LogP contribution in [0.3, 0.4) is 0 Å². The third-order valence-corrected chi connectivity index (χ3v) is 9.62. The lowest BCUT2D eigenvalue weighted by molar-refractivity contribution is -0.228. The second-order valence-electron chi connectivity index (χ2n) is 12.6. The maximum absolute atomic E-state index is 13.9. The molecule has 6 heterocycles. The maximum Gasteiger partial charge on any atom is 0.326 e. The number of nitrogens with zero attached hydrogens (tertiary/aromatic N) is 5. The van der Waals surface area contributed by atoms with E-state index in [1.165, 1.54) is 11.0 Å². The normalized spacial score (nSPS) is 21.6. The van der Waals surface area contributed by atoms with E-state index in [9.17, 15) is 18.7 Å². The summed E-state index contributed by atoms with van der Waals surface area (Å²) in [5.41, 5.74) is 3.29. The van der Waals surface area contributed by atoms with Crippen molar-refractivity contribution in [1.29, 1.82) is 0 Å². The van der Waals surface area contributed by atoms with Gasteiger partial charge in [-0.15, -0.1) is 0 Å². The minimum absolute atomic E-state index is 0.0389. The number of benzene rings is 1. The van der Waals surface area contributed by atoms with Crippen LogP contribution < -0.4 is 19.3 Å². The predicted octanol–water partition coefficient (Wildman–Crippen LogP) is 4.70. The molecule has 258 valence electrons. The number of aliphatic carboxylic acids is 1. The molecule has 14 heteroatoms. The highest BCUT2D eigenvalue weighted by atomic mass is 19.3. The van der Waals surface area contributed by atoms with Gasteiger partial charge in [0.2, 0.25) is 5.88 Å². The number of nitrogens with one attached hydrogen (secondary N) is 1. The van der Waals surface area contributed by atoms with Gasteiger partial charge in [-0.05, 0) is 61.2 Å². The summed E-state index contributed by atoms with van der Waals surface area (Å²) in [5, 5.41) is 10.2. The summed E-state index contributed by atoms with van der Waals surface area (Å²) in [6.45, 7) is 4.30. The third-order valence-electron chi connectivity index (χ3n) is 9.62. The highest BCUT2D eigenvalue weighted by Crippen LogP contribution is 2.40. The molecule has 0 amide bonds. The van der Waals surface area contributed by atoms with Crippen LogP contribution in [-0.4, -0.2) is 94.8 Å². The van der Waals surface area contributed by atoms with Crippen LogP contribution in [0, 0.1) is 0 Å². The summed E-state index contributed by atoms with van der Waals surface area (Å²) < 4.78 is 51.4. The van der Waals surface area contributed by atoms with E-state index < -0.39 is 36.0 Å². The van der Waals surface area contributed by atoms with Crippen molar-refractivity contribution in [3.63, 3.8) is 0 Å². The Labute approximate surface area is 282 Å². The van der Waals surface area contributed by atoms with E-state index >= 15 is 0 Å². The van der Waals surface area contributed by atoms with E-state index in [0.29, 0.717) is 37.9 Å². The first kappa shape index (κ1) is 32.7. The number of H-pyrrole nitrogens is 1. The molecular formula is C35H38F2N6O6. The molecular weight excluding hydrogens is 638 g/mol. The third kappa shape index (κ3) is 6.62. The van der Waals surface area contributed by atoms with Crippen LogP contribution in [0.1, 0.15) is 36.7 Å². The van der Waals surface area contributed by atoms with Crippen molar-refractivity contribution in [3.8, 4) is 23.0 Å². The fourth-order valence-corrected chi connectivity index (χ4v) is 6.75. The van der Waals surface area contributed by atoms with E-state index in [4.69, 9.17) is 23.9 Å². The second-order valence-corrected chi connectivity index (χ2v) is 12.6. The summed E-state index contributed by atoms with van der Waals surface area (Å²) >= 11 is 0. The van der Waals surface area contributed by atoms with Crippen LogP contribution in [0.15, 0.2) is 60.9 Å². The average Bonchev–Trinajstić information content (AvgIpc) is 3.79. The molecule has 0 unspecified atom stereocenters. The summed E-state index contributed by atoms with van der Waals surface area (Å²) in [4.78, 5) is 32.1. The molecule has 1 spiro atoms. The van der Waals surface area contributed by atoms with Crippen molar-refractivity contribution in [2.24, 2.45) is 0 Å². The van der Waals surface area contributed by atoms with Crippen LogP contribution in [0.25, 0.3) is 11.4 Å². The number of hydrogen-bond donors (Lipinski definition) is 2. The number of carboxylic acids is 1. The number of morpholine rings is 1.